The highest BCUT2D eigenvalue weighted by atomic mass is 19.4. The monoisotopic (exact) mass is 242 g/mol. The van der Waals surface area contributed by atoms with Crippen LogP contribution in [0.15, 0.2) is 11.9 Å². The molecule has 0 aliphatic carbocycles. The van der Waals surface area contributed by atoms with Gasteiger partial charge in [-0.3, -0.25) is 0 Å². The lowest BCUT2D eigenvalue weighted by Gasteiger charge is -2.18. The maximum Gasteiger partial charge on any atom is 0.412 e. The van der Waals surface area contributed by atoms with E-state index in [-0.39, 0.29) is 6.92 Å². The third-order valence-corrected chi connectivity index (χ3v) is 1.17. The Balaban J connectivity index is 4.82. The van der Waals surface area contributed by atoms with Crippen LogP contribution >= 0.6 is 0 Å². The van der Waals surface area contributed by atoms with Gasteiger partial charge in [0, 0.05) is 0 Å². The highest BCUT2D eigenvalue weighted by molar-refractivity contribution is 5.08. The Kier molecular flexibility index (Phi) is 3.76. The van der Waals surface area contributed by atoms with E-state index in [1.54, 1.807) is 0 Å². The van der Waals surface area contributed by atoms with Crippen LogP contribution in [-0.4, -0.2) is 18.0 Å². The summed E-state index contributed by atoms with van der Waals surface area (Å²) in [5.41, 5.74) is 0. The minimum Gasteiger partial charge on any atom is -0.207 e. The van der Waals surface area contributed by atoms with Crippen molar-refractivity contribution in [3.8, 4) is 0 Å². The van der Waals surface area contributed by atoms with Gasteiger partial charge in [-0.25, -0.2) is 13.2 Å². The first kappa shape index (κ1) is 14.2. The van der Waals surface area contributed by atoms with Gasteiger partial charge in [-0.15, -0.1) is 0 Å². The van der Waals surface area contributed by atoms with Gasteiger partial charge < -0.3 is 0 Å². The van der Waals surface area contributed by atoms with Gasteiger partial charge in [0.05, 0.1) is 12.5 Å². The van der Waals surface area contributed by atoms with Crippen molar-refractivity contribution < 1.29 is 35.1 Å². The number of hydrogen-bond donors (Lipinski definition) is 0. The summed E-state index contributed by atoms with van der Waals surface area (Å²) < 4.78 is 95.5. The van der Waals surface area contributed by atoms with Crippen molar-refractivity contribution in [1.82, 2.24) is 0 Å². The minimum atomic E-state index is -5.31. The maximum atomic E-state index is 12.4. The smallest absolute Gasteiger partial charge is 0.207 e. The molecule has 8 heteroatoms. The number of allylic oxidation sites excluding steroid dienone is 2. The van der Waals surface area contributed by atoms with Crippen molar-refractivity contribution in [3.63, 3.8) is 0 Å². The molecule has 0 bridgehead atoms. The maximum absolute atomic E-state index is 12.4. The van der Waals surface area contributed by atoms with Gasteiger partial charge >= 0.3 is 12.1 Å². The Morgan fingerprint density at radius 2 is 1.40 bits per heavy atom. The topological polar surface area (TPSA) is 0 Å². The highest BCUT2D eigenvalue weighted by Gasteiger charge is 2.45. The summed E-state index contributed by atoms with van der Waals surface area (Å²) in [5, 5.41) is 0. The molecule has 0 aromatic carbocycles. The molecule has 0 saturated carbocycles. The number of halogens is 8. The predicted octanol–water partition coefficient (Wildman–Crippen LogP) is 4.08. The van der Waals surface area contributed by atoms with Crippen molar-refractivity contribution in [2.45, 2.75) is 31.4 Å². The van der Waals surface area contributed by atoms with Crippen LogP contribution in [0.1, 0.15) is 13.3 Å². The average Bonchev–Trinajstić information content (AvgIpc) is 1.75. The van der Waals surface area contributed by atoms with Crippen LogP contribution in [-0.2, 0) is 0 Å². The molecule has 0 unspecified atom stereocenters. The Morgan fingerprint density at radius 1 is 1.00 bits per heavy atom. The standard InChI is InChI=1S/C7H6F8/c1-5(9,10)3-6(11,12)4(8)2-7(13,14)15/h2H,3H2,1H3/b4-2+. The van der Waals surface area contributed by atoms with Gasteiger partial charge in [-0.2, -0.15) is 22.0 Å². The summed E-state index contributed by atoms with van der Waals surface area (Å²) >= 11 is 0. The van der Waals surface area contributed by atoms with E-state index < -0.39 is 36.3 Å². The number of hydrogen-bond acceptors (Lipinski definition) is 0. The Labute approximate surface area is 79.6 Å². The quantitative estimate of drug-likeness (QED) is 0.654. The van der Waals surface area contributed by atoms with Crippen LogP contribution in [0.5, 0.6) is 0 Å². The zero-order valence-corrected chi connectivity index (χ0v) is 7.31. The van der Waals surface area contributed by atoms with E-state index >= 15 is 0 Å². The molecule has 0 nitrogen and oxygen atoms in total. The van der Waals surface area contributed by atoms with Crippen molar-refractivity contribution >= 4 is 0 Å². The molecule has 0 aliphatic heterocycles. The van der Waals surface area contributed by atoms with Crippen LogP contribution in [0.2, 0.25) is 0 Å². The molecule has 0 aromatic rings. The Hall–Kier alpha value is -0.820. The van der Waals surface area contributed by atoms with E-state index in [4.69, 9.17) is 0 Å². The van der Waals surface area contributed by atoms with E-state index in [0.717, 1.165) is 0 Å². The third kappa shape index (κ3) is 6.29. The fourth-order valence-corrected chi connectivity index (χ4v) is 0.724. The van der Waals surface area contributed by atoms with Crippen molar-refractivity contribution in [2.24, 2.45) is 0 Å². The third-order valence-electron chi connectivity index (χ3n) is 1.17. The fourth-order valence-electron chi connectivity index (χ4n) is 0.724. The number of rotatable bonds is 3. The lowest BCUT2D eigenvalue weighted by molar-refractivity contribution is -0.104. The molecule has 0 saturated heterocycles. The lowest BCUT2D eigenvalue weighted by Crippen LogP contribution is -2.28. The van der Waals surface area contributed by atoms with Crippen LogP contribution < -0.4 is 0 Å². The minimum absolute atomic E-state index is 0.0573. The largest absolute Gasteiger partial charge is 0.412 e. The van der Waals surface area contributed by atoms with E-state index in [0.29, 0.717) is 0 Å². The molecule has 0 spiro atoms. The molecule has 0 aromatic heterocycles. The molecule has 0 rings (SSSR count). The molecule has 0 atom stereocenters. The second kappa shape index (κ2) is 3.97. The molecule has 15 heavy (non-hydrogen) atoms. The average molecular weight is 242 g/mol. The fraction of sp³-hybridized carbons (Fsp3) is 0.714. The molecule has 0 amide bonds. The molecule has 0 fully saturated rings. The molecular formula is C7H6F8. The molecule has 90 valence electrons. The number of alkyl halides is 7. The van der Waals surface area contributed by atoms with E-state index in [1.807, 2.05) is 0 Å². The van der Waals surface area contributed by atoms with Gasteiger partial charge in [0.1, 0.15) is 0 Å². The van der Waals surface area contributed by atoms with Crippen molar-refractivity contribution in [1.29, 1.82) is 0 Å². The lowest BCUT2D eigenvalue weighted by atomic mass is 10.1. The summed E-state index contributed by atoms with van der Waals surface area (Å²) in [5.74, 6) is -11.7. The summed E-state index contributed by atoms with van der Waals surface area (Å²) in [6, 6.07) is 0. The molecule has 0 radical (unpaired) electrons. The van der Waals surface area contributed by atoms with Gasteiger partial charge in [-0.05, 0) is 6.92 Å². The van der Waals surface area contributed by atoms with E-state index in [9.17, 15) is 35.1 Å². The summed E-state index contributed by atoms with van der Waals surface area (Å²) in [6.45, 7) is 0.0573. The molecule has 0 heterocycles. The molecular weight excluding hydrogens is 236 g/mol. The summed E-state index contributed by atoms with van der Waals surface area (Å²) in [6.07, 6.45) is -8.95. The van der Waals surface area contributed by atoms with Gasteiger partial charge in [0.2, 0.25) is 0 Å². The highest BCUT2D eigenvalue weighted by Crippen LogP contribution is 2.37. The molecule has 0 N–H and O–H groups in total. The Bertz CT molecular complexity index is 243. The summed E-state index contributed by atoms with van der Waals surface area (Å²) in [7, 11) is 0. The second-order valence-corrected chi connectivity index (χ2v) is 2.99. The first-order valence-electron chi connectivity index (χ1n) is 3.55. The van der Waals surface area contributed by atoms with Crippen LogP contribution in [0.25, 0.3) is 0 Å². The predicted molar refractivity (Wildman–Crippen MR) is 35.4 cm³/mol. The van der Waals surface area contributed by atoms with Gasteiger partial charge in [0.25, 0.3) is 5.92 Å². The first-order valence-corrected chi connectivity index (χ1v) is 3.55. The SMILES string of the molecule is CC(F)(F)CC(F)(F)/C(F)=C\C(F)(F)F. The van der Waals surface area contributed by atoms with Crippen LogP contribution in [0.4, 0.5) is 35.1 Å². The first-order chi connectivity index (χ1) is 6.33. The zero-order chi connectivity index (χ0) is 12.5. The summed E-state index contributed by atoms with van der Waals surface area (Å²) in [4.78, 5) is 0. The second-order valence-electron chi connectivity index (χ2n) is 2.99. The van der Waals surface area contributed by atoms with Crippen molar-refractivity contribution in [3.05, 3.63) is 11.9 Å². The van der Waals surface area contributed by atoms with Crippen molar-refractivity contribution in [2.75, 3.05) is 0 Å². The normalized spacial score (nSPS) is 15.7. The zero-order valence-electron chi connectivity index (χ0n) is 7.31. The Morgan fingerprint density at radius 3 is 1.67 bits per heavy atom. The van der Waals surface area contributed by atoms with Gasteiger partial charge in [-0.1, -0.05) is 0 Å². The molecule has 0 aliphatic rings. The van der Waals surface area contributed by atoms with Crippen LogP contribution in [0.3, 0.4) is 0 Å². The van der Waals surface area contributed by atoms with E-state index in [1.165, 1.54) is 0 Å². The van der Waals surface area contributed by atoms with Crippen LogP contribution in [0, 0.1) is 0 Å². The van der Waals surface area contributed by atoms with E-state index in [2.05, 4.69) is 0 Å². The van der Waals surface area contributed by atoms with Gasteiger partial charge in [0.15, 0.2) is 5.83 Å².